The fourth-order valence-corrected chi connectivity index (χ4v) is 4.95. The number of carboxylic acids is 1. The van der Waals surface area contributed by atoms with Crippen molar-refractivity contribution >= 4 is 16.2 Å². The largest absolute Gasteiger partial charge is 0.481 e. The van der Waals surface area contributed by atoms with E-state index >= 15 is 0 Å². The normalized spacial score (nSPS) is 26.7. The van der Waals surface area contributed by atoms with Gasteiger partial charge in [0, 0.05) is 26.2 Å². The van der Waals surface area contributed by atoms with Crippen LogP contribution < -0.4 is 0 Å². The lowest BCUT2D eigenvalue weighted by atomic mass is 9.75. The molecule has 0 aliphatic carbocycles. The molecule has 0 bridgehead atoms. The Morgan fingerprint density at radius 1 is 1.05 bits per heavy atom. The van der Waals surface area contributed by atoms with Crippen LogP contribution in [0.4, 0.5) is 0 Å². The zero-order valence-electron chi connectivity index (χ0n) is 12.9. The standard InChI is InChI=1S/C14H26N2O4S/c1-14(2,13(17)18)12-7-6-10-16(11-12)21(19,20)15-8-4-3-5-9-15/h12H,3-11H2,1-2H3,(H,17,18). The molecule has 6 nitrogen and oxygen atoms in total. The van der Waals surface area contributed by atoms with Crippen LogP contribution in [0, 0.1) is 11.3 Å². The van der Waals surface area contributed by atoms with Gasteiger partial charge in [0.05, 0.1) is 5.41 Å². The fourth-order valence-electron chi connectivity index (χ4n) is 3.17. The van der Waals surface area contributed by atoms with Crippen LogP contribution in [-0.4, -0.2) is 54.3 Å². The highest BCUT2D eigenvalue weighted by Crippen LogP contribution is 2.35. The highest BCUT2D eigenvalue weighted by molar-refractivity contribution is 7.86. The van der Waals surface area contributed by atoms with Crippen molar-refractivity contribution in [3.63, 3.8) is 0 Å². The first-order valence-corrected chi connectivity index (χ1v) is 9.14. The van der Waals surface area contributed by atoms with Gasteiger partial charge in [0.2, 0.25) is 0 Å². The Labute approximate surface area is 127 Å². The van der Waals surface area contributed by atoms with Gasteiger partial charge in [-0.2, -0.15) is 17.0 Å². The molecule has 1 N–H and O–H groups in total. The summed E-state index contributed by atoms with van der Waals surface area (Å²) in [7, 11) is -3.43. The first kappa shape index (κ1) is 16.7. The van der Waals surface area contributed by atoms with Crippen molar-refractivity contribution in [2.45, 2.75) is 46.0 Å². The molecule has 0 spiro atoms. The molecule has 0 aromatic heterocycles. The molecule has 0 aromatic carbocycles. The monoisotopic (exact) mass is 318 g/mol. The van der Waals surface area contributed by atoms with E-state index < -0.39 is 21.6 Å². The fraction of sp³-hybridized carbons (Fsp3) is 0.929. The van der Waals surface area contributed by atoms with E-state index in [1.807, 2.05) is 0 Å². The molecule has 0 saturated carbocycles. The average Bonchev–Trinajstić information content (AvgIpc) is 2.48. The number of rotatable bonds is 4. The van der Waals surface area contributed by atoms with Gasteiger partial charge in [-0.1, -0.05) is 6.42 Å². The van der Waals surface area contributed by atoms with Crippen LogP contribution in [0.25, 0.3) is 0 Å². The summed E-state index contributed by atoms with van der Waals surface area (Å²) in [5, 5.41) is 9.35. The maximum atomic E-state index is 12.7. The van der Waals surface area contributed by atoms with Gasteiger partial charge in [-0.15, -0.1) is 0 Å². The Hall–Kier alpha value is -0.660. The van der Waals surface area contributed by atoms with E-state index in [9.17, 15) is 18.3 Å². The smallest absolute Gasteiger partial charge is 0.309 e. The number of piperidine rings is 2. The summed E-state index contributed by atoms with van der Waals surface area (Å²) in [5.74, 6) is -0.993. The minimum absolute atomic E-state index is 0.136. The number of nitrogens with zero attached hydrogens (tertiary/aromatic N) is 2. The minimum atomic E-state index is -3.43. The van der Waals surface area contributed by atoms with Gasteiger partial charge in [-0.05, 0) is 45.4 Å². The molecule has 0 amide bonds. The lowest BCUT2D eigenvalue weighted by Crippen LogP contribution is -2.52. The molecule has 2 rings (SSSR count). The summed E-state index contributed by atoms with van der Waals surface area (Å²) < 4.78 is 28.4. The molecule has 21 heavy (non-hydrogen) atoms. The van der Waals surface area contributed by atoms with E-state index in [0.717, 1.165) is 32.1 Å². The summed E-state index contributed by atoms with van der Waals surface area (Å²) in [6.07, 6.45) is 4.41. The minimum Gasteiger partial charge on any atom is -0.481 e. The van der Waals surface area contributed by atoms with E-state index in [2.05, 4.69) is 0 Å². The molecule has 1 atom stereocenters. The molecular formula is C14H26N2O4S. The maximum Gasteiger partial charge on any atom is 0.309 e. The van der Waals surface area contributed by atoms with Gasteiger partial charge in [0.25, 0.3) is 10.2 Å². The molecule has 2 aliphatic rings. The van der Waals surface area contributed by atoms with Gasteiger partial charge < -0.3 is 5.11 Å². The zero-order chi connectivity index (χ0) is 15.7. The third kappa shape index (κ3) is 3.40. The lowest BCUT2D eigenvalue weighted by molar-refractivity contribution is -0.151. The third-order valence-corrected chi connectivity index (χ3v) is 6.93. The van der Waals surface area contributed by atoms with Crippen molar-refractivity contribution in [3.05, 3.63) is 0 Å². The van der Waals surface area contributed by atoms with Crippen LogP contribution in [0.15, 0.2) is 0 Å². The number of hydrogen-bond acceptors (Lipinski definition) is 3. The van der Waals surface area contributed by atoms with E-state index in [4.69, 9.17) is 0 Å². The first-order valence-electron chi connectivity index (χ1n) is 7.75. The molecule has 2 aliphatic heterocycles. The van der Waals surface area contributed by atoms with Gasteiger partial charge in [0.15, 0.2) is 0 Å². The van der Waals surface area contributed by atoms with Crippen molar-refractivity contribution in [1.29, 1.82) is 0 Å². The zero-order valence-corrected chi connectivity index (χ0v) is 13.7. The SMILES string of the molecule is CC(C)(C(=O)O)C1CCCN(S(=O)(=O)N2CCCCC2)C1. The van der Waals surface area contributed by atoms with Gasteiger partial charge in [-0.3, -0.25) is 4.79 Å². The number of aliphatic carboxylic acids is 1. The Morgan fingerprint density at radius 3 is 2.19 bits per heavy atom. The van der Waals surface area contributed by atoms with Crippen molar-refractivity contribution in [1.82, 2.24) is 8.61 Å². The van der Waals surface area contributed by atoms with E-state index in [0.29, 0.717) is 26.2 Å². The summed E-state index contributed by atoms with van der Waals surface area (Å²) in [6, 6.07) is 0. The summed E-state index contributed by atoms with van der Waals surface area (Å²) in [5.41, 5.74) is -0.893. The lowest BCUT2D eigenvalue weighted by Gasteiger charge is -2.40. The van der Waals surface area contributed by atoms with E-state index in [1.165, 1.54) is 4.31 Å². The van der Waals surface area contributed by atoms with Crippen LogP contribution in [0.3, 0.4) is 0 Å². The van der Waals surface area contributed by atoms with Crippen LogP contribution in [-0.2, 0) is 15.0 Å². The van der Waals surface area contributed by atoms with Crippen molar-refractivity contribution < 1.29 is 18.3 Å². The second-order valence-electron chi connectivity index (χ2n) is 6.69. The third-order valence-electron chi connectivity index (χ3n) is 4.92. The summed E-state index contributed by atoms with van der Waals surface area (Å²) in [6.45, 7) is 5.38. The second kappa shape index (κ2) is 6.22. The van der Waals surface area contributed by atoms with Crippen LogP contribution in [0.1, 0.15) is 46.0 Å². The highest BCUT2D eigenvalue weighted by Gasteiger charge is 2.42. The summed E-state index contributed by atoms with van der Waals surface area (Å²) in [4.78, 5) is 11.4. The Bertz CT molecular complexity index is 483. The Kier molecular flexibility index (Phi) is 4.95. The molecular weight excluding hydrogens is 292 g/mol. The van der Waals surface area contributed by atoms with Crippen molar-refractivity contribution in [3.8, 4) is 0 Å². The molecule has 0 radical (unpaired) electrons. The quantitative estimate of drug-likeness (QED) is 0.853. The summed E-state index contributed by atoms with van der Waals surface area (Å²) >= 11 is 0. The predicted octanol–water partition coefficient (Wildman–Crippen LogP) is 1.54. The second-order valence-corrected chi connectivity index (χ2v) is 8.62. The molecule has 122 valence electrons. The molecule has 2 fully saturated rings. The molecule has 1 unspecified atom stereocenters. The van der Waals surface area contributed by atoms with Gasteiger partial charge >= 0.3 is 5.97 Å². The van der Waals surface area contributed by atoms with Gasteiger partial charge in [0.1, 0.15) is 0 Å². The first-order chi connectivity index (χ1) is 9.76. The van der Waals surface area contributed by atoms with Crippen LogP contribution in [0.5, 0.6) is 0 Å². The van der Waals surface area contributed by atoms with Crippen molar-refractivity contribution in [2.75, 3.05) is 26.2 Å². The van der Waals surface area contributed by atoms with Crippen LogP contribution in [0.2, 0.25) is 0 Å². The molecule has 7 heteroatoms. The number of hydrogen-bond donors (Lipinski definition) is 1. The molecule has 2 saturated heterocycles. The maximum absolute atomic E-state index is 12.7. The Balaban J connectivity index is 2.11. The molecule has 2 heterocycles. The highest BCUT2D eigenvalue weighted by atomic mass is 32.2. The van der Waals surface area contributed by atoms with E-state index in [1.54, 1.807) is 18.2 Å². The number of carboxylic acid groups (broad SMARTS) is 1. The van der Waals surface area contributed by atoms with Gasteiger partial charge in [-0.25, -0.2) is 0 Å². The topological polar surface area (TPSA) is 77.9 Å². The van der Waals surface area contributed by atoms with Crippen LogP contribution >= 0.6 is 0 Å². The van der Waals surface area contributed by atoms with Crippen molar-refractivity contribution in [2.24, 2.45) is 11.3 Å². The number of carbonyl (C=O) groups is 1. The molecule has 0 aromatic rings. The predicted molar refractivity (Wildman–Crippen MR) is 80.1 cm³/mol. The Morgan fingerprint density at radius 2 is 1.62 bits per heavy atom. The average molecular weight is 318 g/mol. The van der Waals surface area contributed by atoms with E-state index in [-0.39, 0.29) is 5.92 Å².